The molecule has 0 bridgehead atoms. The van der Waals surface area contributed by atoms with Crippen LogP contribution in [0, 0.1) is 0 Å². The molecular formula is C17H18ClN3OS. The van der Waals surface area contributed by atoms with Crippen LogP contribution in [-0.4, -0.2) is 41.3 Å². The maximum absolute atomic E-state index is 9.59. The standard InChI is InChI=1S/C17H18ClN3OS/c18-15-6-1-2-7-16(15)19-17(23)21-10-8-20(9-11-21)13-4-3-5-14(22)12-13/h1-7,12,22H,8-11H2,(H,19,23). The topological polar surface area (TPSA) is 38.7 Å². The van der Waals surface area contributed by atoms with Crippen molar-refractivity contribution in [2.24, 2.45) is 0 Å². The molecule has 0 unspecified atom stereocenters. The number of phenolic OH excluding ortho intramolecular Hbond substituents is 1. The Kier molecular flexibility index (Phi) is 4.88. The lowest BCUT2D eigenvalue weighted by Gasteiger charge is -2.37. The van der Waals surface area contributed by atoms with Gasteiger partial charge in [0.15, 0.2) is 5.11 Å². The zero-order valence-electron chi connectivity index (χ0n) is 12.6. The van der Waals surface area contributed by atoms with Crippen LogP contribution in [0.2, 0.25) is 5.02 Å². The van der Waals surface area contributed by atoms with Gasteiger partial charge in [-0.3, -0.25) is 0 Å². The molecule has 120 valence electrons. The van der Waals surface area contributed by atoms with Crippen molar-refractivity contribution in [3.63, 3.8) is 0 Å². The Balaban J connectivity index is 1.58. The van der Waals surface area contributed by atoms with Gasteiger partial charge in [0.2, 0.25) is 0 Å². The van der Waals surface area contributed by atoms with Crippen molar-refractivity contribution in [2.45, 2.75) is 0 Å². The summed E-state index contributed by atoms with van der Waals surface area (Å²) < 4.78 is 0. The van der Waals surface area contributed by atoms with Gasteiger partial charge in [-0.15, -0.1) is 0 Å². The molecule has 2 aromatic rings. The lowest BCUT2D eigenvalue weighted by atomic mass is 10.2. The van der Waals surface area contributed by atoms with Gasteiger partial charge in [-0.05, 0) is 36.5 Å². The molecular weight excluding hydrogens is 330 g/mol. The van der Waals surface area contributed by atoms with Crippen molar-refractivity contribution < 1.29 is 5.11 Å². The summed E-state index contributed by atoms with van der Waals surface area (Å²) in [5.41, 5.74) is 1.87. The normalized spacial score (nSPS) is 14.7. The molecule has 1 fully saturated rings. The second-order valence-corrected chi connectivity index (χ2v) is 6.20. The van der Waals surface area contributed by atoms with Crippen LogP contribution in [0.1, 0.15) is 0 Å². The molecule has 0 aromatic heterocycles. The van der Waals surface area contributed by atoms with Crippen molar-refractivity contribution in [3.05, 3.63) is 53.6 Å². The van der Waals surface area contributed by atoms with Crippen LogP contribution in [0.3, 0.4) is 0 Å². The Hall–Kier alpha value is -1.98. The van der Waals surface area contributed by atoms with Crippen LogP contribution in [0.25, 0.3) is 0 Å². The monoisotopic (exact) mass is 347 g/mol. The van der Waals surface area contributed by atoms with Gasteiger partial charge in [0.05, 0.1) is 10.7 Å². The smallest absolute Gasteiger partial charge is 0.173 e. The van der Waals surface area contributed by atoms with Crippen molar-refractivity contribution >= 4 is 40.3 Å². The number of halogens is 1. The van der Waals surface area contributed by atoms with Gasteiger partial charge >= 0.3 is 0 Å². The fraction of sp³-hybridized carbons (Fsp3) is 0.235. The highest BCUT2D eigenvalue weighted by atomic mass is 35.5. The molecule has 0 atom stereocenters. The molecule has 6 heteroatoms. The largest absolute Gasteiger partial charge is 0.508 e. The van der Waals surface area contributed by atoms with Crippen molar-refractivity contribution in [1.82, 2.24) is 4.90 Å². The molecule has 0 aliphatic carbocycles. The number of hydrogen-bond donors (Lipinski definition) is 2. The predicted molar refractivity (Wildman–Crippen MR) is 99.6 cm³/mol. The summed E-state index contributed by atoms with van der Waals surface area (Å²) in [6.45, 7) is 3.36. The van der Waals surface area contributed by atoms with E-state index in [4.69, 9.17) is 23.8 Å². The van der Waals surface area contributed by atoms with Crippen LogP contribution in [0.15, 0.2) is 48.5 Å². The molecule has 0 radical (unpaired) electrons. The maximum Gasteiger partial charge on any atom is 0.173 e. The number of aromatic hydroxyl groups is 1. The first kappa shape index (κ1) is 15.9. The zero-order valence-corrected chi connectivity index (χ0v) is 14.1. The van der Waals surface area contributed by atoms with Crippen molar-refractivity contribution in [1.29, 1.82) is 0 Å². The Morgan fingerprint density at radius 3 is 2.48 bits per heavy atom. The summed E-state index contributed by atoms with van der Waals surface area (Å²) >= 11 is 11.6. The van der Waals surface area contributed by atoms with Crippen LogP contribution in [-0.2, 0) is 0 Å². The number of nitrogens with one attached hydrogen (secondary N) is 1. The minimum Gasteiger partial charge on any atom is -0.508 e. The quantitative estimate of drug-likeness (QED) is 0.813. The Bertz CT molecular complexity index is 702. The minimum atomic E-state index is 0.292. The van der Waals surface area contributed by atoms with E-state index >= 15 is 0 Å². The molecule has 2 N–H and O–H groups in total. The van der Waals surface area contributed by atoms with Gasteiger partial charge in [0.1, 0.15) is 5.75 Å². The van der Waals surface area contributed by atoms with Gasteiger partial charge in [-0.1, -0.05) is 29.8 Å². The highest BCUT2D eigenvalue weighted by Crippen LogP contribution is 2.23. The summed E-state index contributed by atoms with van der Waals surface area (Å²) in [7, 11) is 0. The van der Waals surface area contributed by atoms with E-state index in [-0.39, 0.29) is 0 Å². The number of phenols is 1. The SMILES string of the molecule is Oc1cccc(N2CCN(C(=S)Nc3ccccc3Cl)CC2)c1. The molecule has 3 rings (SSSR count). The molecule has 23 heavy (non-hydrogen) atoms. The average molecular weight is 348 g/mol. The lowest BCUT2D eigenvalue weighted by molar-refractivity contribution is 0.390. The van der Waals surface area contributed by atoms with Crippen LogP contribution < -0.4 is 10.2 Å². The fourth-order valence-corrected chi connectivity index (χ4v) is 3.09. The van der Waals surface area contributed by atoms with E-state index in [1.807, 2.05) is 36.4 Å². The number of nitrogens with zero attached hydrogens (tertiary/aromatic N) is 2. The summed E-state index contributed by atoms with van der Waals surface area (Å²) in [6, 6.07) is 14.9. The van der Waals surface area contributed by atoms with Crippen LogP contribution in [0.4, 0.5) is 11.4 Å². The van der Waals surface area contributed by atoms with Gasteiger partial charge in [-0.2, -0.15) is 0 Å². The highest BCUT2D eigenvalue weighted by Gasteiger charge is 2.19. The van der Waals surface area contributed by atoms with E-state index in [2.05, 4.69) is 15.1 Å². The lowest BCUT2D eigenvalue weighted by Crippen LogP contribution is -2.50. The van der Waals surface area contributed by atoms with E-state index in [1.54, 1.807) is 12.1 Å². The summed E-state index contributed by atoms with van der Waals surface area (Å²) in [5.74, 6) is 0.292. The molecule has 0 saturated carbocycles. The molecule has 2 aromatic carbocycles. The van der Waals surface area contributed by atoms with E-state index in [0.29, 0.717) is 15.9 Å². The van der Waals surface area contributed by atoms with Crippen LogP contribution in [0.5, 0.6) is 5.75 Å². The fourth-order valence-electron chi connectivity index (χ4n) is 2.61. The maximum atomic E-state index is 9.59. The van der Waals surface area contributed by atoms with E-state index in [0.717, 1.165) is 37.6 Å². The Morgan fingerprint density at radius 2 is 1.78 bits per heavy atom. The van der Waals surface area contributed by atoms with E-state index in [1.165, 1.54) is 0 Å². The Morgan fingerprint density at radius 1 is 1.04 bits per heavy atom. The average Bonchev–Trinajstić information content (AvgIpc) is 2.57. The number of hydrogen-bond acceptors (Lipinski definition) is 3. The van der Waals surface area contributed by atoms with Gasteiger partial charge in [0.25, 0.3) is 0 Å². The third kappa shape index (κ3) is 3.86. The number of benzene rings is 2. The molecule has 1 aliphatic rings. The molecule has 0 spiro atoms. The number of rotatable bonds is 2. The number of thiocarbonyl (C=S) groups is 1. The summed E-state index contributed by atoms with van der Waals surface area (Å²) in [4.78, 5) is 4.38. The van der Waals surface area contributed by atoms with Crippen molar-refractivity contribution in [3.8, 4) is 5.75 Å². The molecule has 1 aliphatic heterocycles. The molecule has 0 amide bonds. The van der Waals surface area contributed by atoms with E-state index < -0.39 is 0 Å². The first-order valence-corrected chi connectivity index (χ1v) is 8.26. The first-order valence-electron chi connectivity index (χ1n) is 7.48. The highest BCUT2D eigenvalue weighted by molar-refractivity contribution is 7.80. The molecule has 1 saturated heterocycles. The Labute approximate surface area is 146 Å². The number of piperazine rings is 1. The minimum absolute atomic E-state index is 0.292. The second-order valence-electron chi connectivity index (χ2n) is 5.40. The van der Waals surface area contributed by atoms with E-state index in [9.17, 15) is 5.11 Å². The molecule has 1 heterocycles. The van der Waals surface area contributed by atoms with Gasteiger partial charge in [0, 0.05) is 37.9 Å². The van der Waals surface area contributed by atoms with Crippen molar-refractivity contribution in [2.75, 3.05) is 36.4 Å². The predicted octanol–water partition coefficient (Wildman–Crippen LogP) is 3.56. The van der Waals surface area contributed by atoms with Gasteiger partial charge in [-0.25, -0.2) is 0 Å². The number of para-hydroxylation sites is 1. The van der Waals surface area contributed by atoms with Gasteiger partial charge < -0.3 is 20.2 Å². The molecule has 4 nitrogen and oxygen atoms in total. The third-order valence-electron chi connectivity index (χ3n) is 3.88. The summed E-state index contributed by atoms with van der Waals surface area (Å²) in [5, 5.41) is 14.2. The zero-order chi connectivity index (χ0) is 16.2. The first-order chi connectivity index (χ1) is 11.1. The summed E-state index contributed by atoms with van der Waals surface area (Å²) in [6.07, 6.45) is 0. The second kappa shape index (κ2) is 7.06. The third-order valence-corrected chi connectivity index (χ3v) is 4.57. The van der Waals surface area contributed by atoms with Crippen LogP contribution >= 0.6 is 23.8 Å². The number of anilines is 2.